The molecule has 1 saturated heterocycles. The van der Waals surface area contributed by atoms with Crippen LogP contribution in [0.1, 0.15) is 44.9 Å². The van der Waals surface area contributed by atoms with Gasteiger partial charge in [-0.15, -0.1) is 0 Å². The molecule has 4 nitrogen and oxygen atoms in total. The van der Waals surface area contributed by atoms with Crippen LogP contribution in [-0.4, -0.2) is 48.0 Å². The Balaban J connectivity index is 2.07. The molecule has 2 fully saturated rings. The van der Waals surface area contributed by atoms with Gasteiger partial charge in [-0.25, -0.2) is 0 Å². The highest BCUT2D eigenvalue weighted by Crippen LogP contribution is 2.30. The maximum Gasteiger partial charge on any atom is 0.282 e. The molecule has 0 aromatic rings. The average molecular weight is 339 g/mol. The quantitative estimate of drug-likeness (QED) is 0.741. The van der Waals surface area contributed by atoms with Crippen molar-refractivity contribution in [3.63, 3.8) is 0 Å². The molecule has 2 rings (SSSR count). The summed E-state index contributed by atoms with van der Waals surface area (Å²) in [5, 5.41) is 0. The maximum absolute atomic E-state index is 12.6. The van der Waals surface area contributed by atoms with Gasteiger partial charge in [0.25, 0.3) is 10.2 Å². The van der Waals surface area contributed by atoms with Gasteiger partial charge < -0.3 is 0 Å². The van der Waals surface area contributed by atoms with E-state index in [0.29, 0.717) is 17.9 Å². The molecular formula is C12H23BrN2O2S. The molecule has 18 heavy (non-hydrogen) atoms. The molecule has 2 atom stereocenters. The van der Waals surface area contributed by atoms with Crippen LogP contribution in [0.2, 0.25) is 0 Å². The van der Waals surface area contributed by atoms with Crippen LogP contribution in [0.3, 0.4) is 0 Å². The third kappa shape index (κ3) is 3.08. The van der Waals surface area contributed by atoms with Crippen molar-refractivity contribution in [2.45, 2.75) is 55.8 Å². The molecule has 0 spiro atoms. The molecule has 0 amide bonds. The molecule has 0 aromatic carbocycles. The smallest absolute Gasteiger partial charge is 0.195 e. The fourth-order valence-corrected chi connectivity index (χ4v) is 5.70. The fraction of sp³-hybridized carbons (Fsp3) is 1.00. The third-order valence-corrected chi connectivity index (χ3v) is 7.20. The van der Waals surface area contributed by atoms with Gasteiger partial charge in [0, 0.05) is 31.0 Å². The highest BCUT2D eigenvalue weighted by atomic mass is 79.9. The lowest BCUT2D eigenvalue weighted by molar-refractivity contribution is 0.259. The Hall–Kier alpha value is 0.350. The van der Waals surface area contributed by atoms with E-state index in [1.165, 1.54) is 6.42 Å². The van der Waals surface area contributed by atoms with Crippen LogP contribution in [0.4, 0.5) is 0 Å². The molecule has 2 aliphatic rings. The third-order valence-electron chi connectivity index (χ3n) is 4.12. The number of hydrogen-bond acceptors (Lipinski definition) is 2. The van der Waals surface area contributed by atoms with E-state index in [9.17, 15) is 8.42 Å². The van der Waals surface area contributed by atoms with E-state index < -0.39 is 10.2 Å². The highest BCUT2D eigenvalue weighted by molar-refractivity contribution is 9.09. The lowest BCUT2D eigenvalue weighted by Gasteiger charge is -2.38. The first kappa shape index (κ1) is 14.8. The van der Waals surface area contributed by atoms with E-state index in [2.05, 4.69) is 15.9 Å². The number of halogens is 1. The minimum Gasteiger partial charge on any atom is -0.195 e. The lowest BCUT2D eigenvalue weighted by Crippen LogP contribution is -2.51. The topological polar surface area (TPSA) is 40.6 Å². The van der Waals surface area contributed by atoms with Crippen LogP contribution in [0, 0.1) is 0 Å². The van der Waals surface area contributed by atoms with Crippen LogP contribution in [0.5, 0.6) is 0 Å². The van der Waals surface area contributed by atoms with E-state index in [-0.39, 0.29) is 6.04 Å². The highest BCUT2D eigenvalue weighted by Gasteiger charge is 2.36. The van der Waals surface area contributed by atoms with Gasteiger partial charge in [0.1, 0.15) is 0 Å². The molecule has 106 valence electrons. The summed E-state index contributed by atoms with van der Waals surface area (Å²) < 4.78 is 28.4. The van der Waals surface area contributed by atoms with Gasteiger partial charge in [-0.1, -0.05) is 35.2 Å². The van der Waals surface area contributed by atoms with Crippen molar-refractivity contribution in [3.8, 4) is 0 Å². The Morgan fingerprint density at radius 2 is 1.67 bits per heavy atom. The summed E-state index contributed by atoms with van der Waals surface area (Å²) in [4.78, 5) is 0.302. The second-order valence-electron chi connectivity index (χ2n) is 5.35. The van der Waals surface area contributed by atoms with Gasteiger partial charge in [-0.05, 0) is 25.7 Å². The summed E-state index contributed by atoms with van der Waals surface area (Å²) in [6, 6.07) is 0.116. The second kappa shape index (κ2) is 6.20. The Bertz CT molecular complexity index is 368. The number of nitrogens with zero attached hydrogens (tertiary/aromatic N) is 2. The molecule has 2 unspecified atom stereocenters. The molecule has 1 aliphatic carbocycles. The summed E-state index contributed by atoms with van der Waals surface area (Å²) in [6.07, 6.45) is 7.52. The summed E-state index contributed by atoms with van der Waals surface area (Å²) in [7, 11) is -1.51. The zero-order valence-corrected chi connectivity index (χ0v) is 13.4. The number of piperidine rings is 1. The van der Waals surface area contributed by atoms with Gasteiger partial charge in [0.05, 0.1) is 0 Å². The molecule has 1 heterocycles. The monoisotopic (exact) mass is 338 g/mol. The van der Waals surface area contributed by atoms with Gasteiger partial charge in [-0.2, -0.15) is 17.0 Å². The summed E-state index contributed by atoms with van der Waals surface area (Å²) in [5.74, 6) is 0. The summed E-state index contributed by atoms with van der Waals surface area (Å²) in [6.45, 7) is 1.37. The Morgan fingerprint density at radius 1 is 1.06 bits per heavy atom. The largest absolute Gasteiger partial charge is 0.282 e. The van der Waals surface area contributed by atoms with Crippen molar-refractivity contribution >= 4 is 26.1 Å². The van der Waals surface area contributed by atoms with Crippen molar-refractivity contribution in [1.82, 2.24) is 8.61 Å². The van der Waals surface area contributed by atoms with Crippen molar-refractivity contribution < 1.29 is 8.42 Å². The van der Waals surface area contributed by atoms with Crippen LogP contribution in [0.15, 0.2) is 0 Å². The van der Waals surface area contributed by atoms with E-state index >= 15 is 0 Å². The fourth-order valence-electron chi connectivity index (χ4n) is 2.92. The molecule has 0 aromatic heterocycles. The minimum absolute atomic E-state index is 0.116. The normalized spacial score (nSPS) is 31.7. The van der Waals surface area contributed by atoms with Crippen LogP contribution >= 0.6 is 15.9 Å². The van der Waals surface area contributed by atoms with E-state index in [0.717, 1.165) is 38.5 Å². The van der Waals surface area contributed by atoms with E-state index in [4.69, 9.17) is 0 Å². The molecule has 1 saturated carbocycles. The first-order valence-electron chi connectivity index (χ1n) is 6.90. The number of rotatable bonds is 3. The zero-order chi connectivity index (χ0) is 13.2. The van der Waals surface area contributed by atoms with Crippen molar-refractivity contribution in [1.29, 1.82) is 0 Å². The summed E-state index contributed by atoms with van der Waals surface area (Å²) in [5.41, 5.74) is 0. The first-order chi connectivity index (χ1) is 8.53. The number of alkyl halides is 1. The van der Waals surface area contributed by atoms with Gasteiger partial charge >= 0.3 is 0 Å². The SMILES string of the molecule is CN(C1CCCCC1Br)S(=O)(=O)N1CCCCC1. The average Bonchev–Trinajstić information content (AvgIpc) is 2.39. The van der Waals surface area contributed by atoms with Gasteiger partial charge in [0.15, 0.2) is 0 Å². The van der Waals surface area contributed by atoms with E-state index in [1.807, 2.05) is 0 Å². The lowest BCUT2D eigenvalue weighted by atomic mass is 9.96. The standard InChI is InChI=1S/C12H23BrN2O2S/c1-14(12-8-4-3-7-11(12)13)18(16,17)15-9-5-2-6-10-15/h11-12H,2-10H2,1H3. The van der Waals surface area contributed by atoms with Crippen molar-refractivity contribution in [2.75, 3.05) is 20.1 Å². The van der Waals surface area contributed by atoms with Gasteiger partial charge in [0.2, 0.25) is 0 Å². The number of hydrogen-bond donors (Lipinski definition) is 0. The molecular weight excluding hydrogens is 316 g/mol. The summed E-state index contributed by atoms with van der Waals surface area (Å²) >= 11 is 3.65. The second-order valence-corrected chi connectivity index (χ2v) is 8.52. The van der Waals surface area contributed by atoms with Crippen LogP contribution in [-0.2, 0) is 10.2 Å². The Kier molecular flexibility index (Phi) is 5.08. The molecule has 0 N–H and O–H groups in total. The minimum atomic E-state index is -3.26. The molecule has 6 heteroatoms. The Labute approximate surface area is 119 Å². The van der Waals surface area contributed by atoms with Crippen molar-refractivity contribution in [3.05, 3.63) is 0 Å². The van der Waals surface area contributed by atoms with Crippen LogP contribution < -0.4 is 0 Å². The van der Waals surface area contributed by atoms with Crippen molar-refractivity contribution in [2.24, 2.45) is 0 Å². The molecule has 1 aliphatic heterocycles. The first-order valence-corrected chi connectivity index (χ1v) is 9.22. The van der Waals surface area contributed by atoms with Crippen LogP contribution in [0.25, 0.3) is 0 Å². The predicted octanol–water partition coefficient (Wildman–Crippen LogP) is 2.36. The molecule has 0 bridgehead atoms. The predicted molar refractivity (Wildman–Crippen MR) is 77.1 cm³/mol. The Morgan fingerprint density at radius 3 is 2.28 bits per heavy atom. The molecule has 0 radical (unpaired) electrons. The van der Waals surface area contributed by atoms with Gasteiger partial charge in [-0.3, -0.25) is 0 Å². The van der Waals surface area contributed by atoms with E-state index in [1.54, 1.807) is 15.7 Å². The zero-order valence-electron chi connectivity index (χ0n) is 11.0. The maximum atomic E-state index is 12.6.